The van der Waals surface area contributed by atoms with E-state index in [-0.39, 0.29) is 5.91 Å². The lowest BCUT2D eigenvalue weighted by molar-refractivity contribution is -0.118. The average Bonchev–Trinajstić information content (AvgIpc) is 2.09. The number of nitrogens with one attached hydrogen (secondary N) is 2. The maximum atomic E-state index is 11.2. The van der Waals surface area contributed by atoms with Crippen molar-refractivity contribution in [1.82, 2.24) is 10.6 Å². The Bertz CT molecular complexity index is 265. The number of nitrogens with zero attached hydrogens (tertiary/aromatic N) is 1. The Kier molecular flexibility index (Phi) is 2.63. The van der Waals surface area contributed by atoms with E-state index in [4.69, 9.17) is 0 Å². The van der Waals surface area contributed by atoms with Crippen LogP contribution < -0.4 is 10.6 Å². The lowest BCUT2D eigenvalue weighted by Gasteiger charge is -2.17. The van der Waals surface area contributed by atoms with E-state index in [1.807, 2.05) is 0 Å². The Balaban J connectivity index is 3.03. The minimum atomic E-state index is -0.165. The van der Waals surface area contributed by atoms with Crippen LogP contribution in [0.2, 0.25) is 0 Å². The molecule has 0 aromatic rings. The number of allylic oxidation sites excluding steroid dienone is 1. The number of rotatable bonds is 2. The van der Waals surface area contributed by atoms with Crippen molar-refractivity contribution in [2.75, 3.05) is 6.67 Å². The minimum absolute atomic E-state index is 0.165. The fraction of sp³-hybridized carbons (Fsp3) is 0.250. The van der Waals surface area contributed by atoms with Gasteiger partial charge in [0.15, 0.2) is 5.70 Å². The van der Waals surface area contributed by atoms with Crippen LogP contribution in [0.1, 0.15) is 6.92 Å². The van der Waals surface area contributed by atoms with Gasteiger partial charge >= 0.3 is 0 Å². The first-order valence-electron chi connectivity index (χ1n) is 3.67. The highest BCUT2D eigenvalue weighted by atomic mass is 16.2. The Hall–Kier alpha value is -1.58. The number of amides is 1. The molecule has 0 saturated carbocycles. The van der Waals surface area contributed by atoms with Crippen LogP contribution in [0.4, 0.5) is 0 Å². The van der Waals surface area contributed by atoms with E-state index >= 15 is 0 Å². The van der Waals surface area contributed by atoms with Crippen LogP contribution in [0.5, 0.6) is 0 Å². The van der Waals surface area contributed by atoms with Crippen molar-refractivity contribution in [2.45, 2.75) is 6.92 Å². The molecule has 4 nitrogen and oxygen atoms in total. The predicted molar refractivity (Wildman–Crippen MR) is 47.5 cm³/mol. The third kappa shape index (κ3) is 1.53. The Labute approximate surface area is 71.1 Å². The molecule has 1 heterocycles. The molecule has 0 atom stereocenters. The highest BCUT2D eigenvalue weighted by Crippen LogP contribution is 2.07. The fourth-order valence-electron chi connectivity index (χ4n) is 0.936. The summed E-state index contributed by atoms with van der Waals surface area (Å²) in [6.45, 7) is 5.77. The molecule has 0 spiro atoms. The molecule has 12 heavy (non-hydrogen) atoms. The third-order valence-electron chi connectivity index (χ3n) is 1.46. The van der Waals surface area contributed by atoms with Crippen LogP contribution in [0.25, 0.3) is 0 Å². The molecular formula is C8H11N3O. The van der Waals surface area contributed by atoms with Crippen molar-refractivity contribution in [3.8, 4) is 0 Å². The van der Waals surface area contributed by atoms with Crippen LogP contribution in [-0.4, -0.2) is 18.8 Å². The second-order valence-corrected chi connectivity index (χ2v) is 2.21. The van der Waals surface area contributed by atoms with Crippen molar-refractivity contribution in [2.24, 2.45) is 4.99 Å². The standard InChI is InChI=1S/C8H11N3O/c1-3-6-7(9-4-2)8(12)11-5-10-6/h3-4,10H,1,5H2,2H3,(H,11,12). The average molecular weight is 165 g/mol. The lowest BCUT2D eigenvalue weighted by Crippen LogP contribution is -2.40. The lowest BCUT2D eigenvalue weighted by atomic mass is 10.2. The van der Waals surface area contributed by atoms with Crippen LogP contribution >= 0.6 is 0 Å². The molecule has 0 saturated heterocycles. The zero-order valence-corrected chi connectivity index (χ0v) is 6.92. The molecule has 0 radical (unpaired) electrons. The smallest absolute Gasteiger partial charge is 0.273 e. The fourth-order valence-corrected chi connectivity index (χ4v) is 0.936. The Morgan fingerprint density at radius 2 is 2.33 bits per heavy atom. The number of carbonyl (C=O) groups is 1. The van der Waals surface area contributed by atoms with E-state index in [9.17, 15) is 4.79 Å². The van der Waals surface area contributed by atoms with Crippen LogP contribution in [0.15, 0.2) is 29.0 Å². The van der Waals surface area contributed by atoms with Gasteiger partial charge < -0.3 is 10.6 Å². The van der Waals surface area contributed by atoms with Gasteiger partial charge in [-0.25, -0.2) is 0 Å². The van der Waals surface area contributed by atoms with Crippen molar-refractivity contribution in [3.63, 3.8) is 0 Å². The van der Waals surface area contributed by atoms with Gasteiger partial charge in [0.1, 0.15) is 0 Å². The summed E-state index contributed by atoms with van der Waals surface area (Å²) in [5.74, 6) is -0.165. The molecule has 1 rings (SSSR count). The summed E-state index contributed by atoms with van der Waals surface area (Å²) in [6.07, 6.45) is 3.16. The Morgan fingerprint density at radius 3 is 2.92 bits per heavy atom. The first kappa shape index (κ1) is 8.52. The third-order valence-corrected chi connectivity index (χ3v) is 1.46. The van der Waals surface area contributed by atoms with Crippen molar-refractivity contribution < 1.29 is 4.79 Å². The van der Waals surface area contributed by atoms with Crippen molar-refractivity contribution in [1.29, 1.82) is 0 Å². The monoisotopic (exact) mass is 165 g/mol. The zero-order valence-electron chi connectivity index (χ0n) is 6.92. The number of hydrogen-bond donors (Lipinski definition) is 2. The Morgan fingerprint density at radius 1 is 1.58 bits per heavy atom. The van der Waals surface area contributed by atoms with E-state index in [1.165, 1.54) is 0 Å². The molecule has 0 aromatic carbocycles. The summed E-state index contributed by atoms with van der Waals surface area (Å²) in [6, 6.07) is 0. The van der Waals surface area contributed by atoms with E-state index in [2.05, 4.69) is 22.2 Å². The molecule has 0 aromatic heterocycles. The quantitative estimate of drug-likeness (QED) is 0.572. The predicted octanol–water partition coefficient (Wildman–Crippen LogP) is 0.152. The van der Waals surface area contributed by atoms with E-state index in [0.29, 0.717) is 18.1 Å². The second-order valence-electron chi connectivity index (χ2n) is 2.21. The summed E-state index contributed by atoms with van der Waals surface area (Å²) in [7, 11) is 0. The zero-order chi connectivity index (χ0) is 8.97. The van der Waals surface area contributed by atoms with E-state index < -0.39 is 0 Å². The normalized spacial score (nSPS) is 17.6. The van der Waals surface area contributed by atoms with Gasteiger partial charge in [-0.15, -0.1) is 0 Å². The minimum Gasteiger partial charge on any atom is -0.366 e. The van der Waals surface area contributed by atoms with Crippen LogP contribution in [-0.2, 0) is 4.79 Å². The number of carbonyl (C=O) groups excluding carboxylic acids is 1. The molecule has 64 valence electrons. The first-order chi connectivity index (χ1) is 5.79. The van der Waals surface area contributed by atoms with E-state index in [0.717, 1.165) is 0 Å². The van der Waals surface area contributed by atoms with Crippen LogP contribution in [0.3, 0.4) is 0 Å². The van der Waals surface area contributed by atoms with Crippen molar-refractivity contribution in [3.05, 3.63) is 24.0 Å². The molecule has 4 heteroatoms. The molecule has 0 fully saturated rings. The second kappa shape index (κ2) is 3.71. The highest BCUT2D eigenvalue weighted by molar-refractivity contribution is 5.96. The summed E-state index contributed by atoms with van der Waals surface area (Å²) >= 11 is 0. The first-order valence-corrected chi connectivity index (χ1v) is 3.67. The maximum Gasteiger partial charge on any atom is 0.273 e. The van der Waals surface area contributed by atoms with Gasteiger partial charge in [0, 0.05) is 6.21 Å². The number of hydrogen-bond acceptors (Lipinski definition) is 3. The van der Waals surface area contributed by atoms with Gasteiger partial charge in [-0.3, -0.25) is 9.79 Å². The van der Waals surface area contributed by atoms with Gasteiger partial charge in [-0.2, -0.15) is 0 Å². The molecule has 1 amide bonds. The SMILES string of the molecule is C=CC1=C(N=CC)C(=O)NCN1. The molecule has 1 aliphatic heterocycles. The van der Waals surface area contributed by atoms with E-state index in [1.54, 1.807) is 19.2 Å². The summed E-state index contributed by atoms with van der Waals surface area (Å²) in [5.41, 5.74) is 1.07. The molecular weight excluding hydrogens is 154 g/mol. The molecule has 0 aliphatic carbocycles. The summed E-state index contributed by atoms with van der Waals surface area (Å²) in [4.78, 5) is 15.1. The van der Waals surface area contributed by atoms with Gasteiger partial charge in [0.05, 0.1) is 12.4 Å². The van der Waals surface area contributed by atoms with Gasteiger partial charge in [-0.1, -0.05) is 6.58 Å². The molecule has 2 N–H and O–H groups in total. The van der Waals surface area contributed by atoms with Crippen LogP contribution in [0, 0.1) is 0 Å². The largest absolute Gasteiger partial charge is 0.366 e. The van der Waals surface area contributed by atoms with Gasteiger partial charge in [-0.05, 0) is 13.0 Å². The van der Waals surface area contributed by atoms with Gasteiger partial charge in [0.2, 0.25) is 0 Å². The van der Waals surface area contributed by atoms with Crippen molar-refractivity contribution >= 4 is 12.1 Å². The molecule has 0 bridgehead atoms. The van der Waals surface area contributed by atoms with Gasteiger partial charge in [0.25, 0.3) is 5.91 Å². The summed E-state index contributed by atoms with van der Waals surface area (Å²) in [5, 5.41) is 5.56. The topological polar surface area (TPSA) is 53.5 Å². The highest BCUT2D eigenvalue weighted by Gasteiger charge is 2.16. The molecule has 0 unspecified atom stereocenters. The number of aliphatic imine (C=N–C) groups is 1. The molecule has 1 aliphatic rings. The maximum absolute atomic E-state index is 11.2. The summed E-state index contributed by atoms with van der Waals surface area (Å²) < 4.78 is 0.